The van der Waals surface area contributed by atoms with Gasteiger partial charge < -0.3 is 5.11 Å². The maximum atomic E-state index is 10.1. The summed E-state index contributed by atoms with van der Waals surface area (Å²) in [5, 5.41) is 15.1. The maximum Gasteiger partial charge on any atom is 0.115 e. The van der Waals surface area contributed by atoms with Crippen molar-refractivity contribution in [2.75, 3.05) is 0 Å². The summed E-state index contributed by atoms with van der Waals surface area (Å²) in [5.41, 5.74) is 7.06. The summed E-state index contributed by atoms with van der Waals surface area (Å²) in [6, 6.07) is 45.1. The molecule has 1 atom stereocenters. The molecule has 0 spiro atoms. The first-order valence-electron chi connectivity index (χ1n) is 11.7. The van der Waals surface area contributed by atoms with E-state index >= 15 is 0 Å². The summed E-state index contributed by atoms with van der Waals surface area (Å²) in [5.74, 6) is 0.280. The van der Waals surface area contributed by atoms with Crippen molar-refractivity contribution in [2.45, 2.75) is 5.41 Å². The number of fused-ring (bicyclic) bond motifs is 6. The third-order valence-electron chi connectivity index (χ3n) is 7.40. The Kier molecular flexibility index (Phi) is 3.98. The van der Waals surface area contributed by atoms with E-state index in [9.17, 15) is 5.11 Å². The highest BCUT2D eigenvalue weighted by Crippen LogP contribution is 2.58. The fraction of sp³-hybridized carbons (Fsp3) is 0.0303. The molecule has 6 aromatic rings. The Morgan fingerprint density at radius 2 is 1.09 bits per heavy atom. The van der Waals surface area contributed by atoms with Crippen LogP contribution in [0.15, 0.2) is 127 Å². The zero-order chi connectivity index (χ0) is 22.7. The highest BCUT2D eigenvalue weighted by atomic mass is 16.3. The molecule has 1 aliphatic carbocycles. The van der Waals surface area contributed by atoms with E-state index in [4.69, 9.17) is 0 Å². The molecule has 0 heterocycles. The number of rotatable bonds is 2. The minimum atomic E-state index is -0.478. The highest BCUT2D eigenvalue weighted by Gasteiger charge is 2.46. The predicted molar refractivity (Wildman–Crippen MR) is 140 cm³/mol. The molecule has 0 aliphatic heterocycles. The van der Waals surface area contributed by atoms with E-state index in [0.29, 0.717) is 0 Å². The van der Waals surface area contributed by atoms with Crippen LogP contribution in [0.4, 0.5) is 0 Å². The molecule has 0 saturated carbocycles. The summed E-state index contributed by atoms with van der Waals surface area (Å²) >= 11 is 0. The van der Waals surface area contributed by atoms with Gasteiger partial charge in [-0.1, -0.05) is 103 Å². The zero-order valence-corrected chi connectivity index (χ0v) is 18.6. The molecule has 0 saturated heterocycles. The van der Waals surface area contributed by atoms with E-state index in [0.717, 1.165) is 5.56 Å². The third kappa shape index (κ3) is 2.50. The van der Waals surface area contributed by atoms with Crippen LogP contribution in [0.1, 0.15) is 22.3 Å². The third-order valence-corrected chi connectivity index (χ3v) is 7.40. The van der Waals surface area contributed by atoms with Gasteiger partial charge in [0.15, 0.2) is 0 Å². The van der Waals surface area contributed by atoms with E-state index in [2.05, 4.69) is 115 Å². The Morgan fingerprint density at radius 1 is 0.471 bits per heavy atom. The highest BCUT2D eigenvalue weighted by molar-refractivity contribution is 6.06. The normalized spacial score (nSPS) is 16.5. The fourth-order valence-corrected chi connectivity index (χ4v) is 5.96. The van der Waals surface area contributed by atoms with Crippen LogP contribution in [0, 0.1) is 0 Å². The molecular formula is C33H22O. The summed E-state index contributed by atoms with van der Waals surface area (Å²) in [7, 11) is 0. The molecule has 1 unspecified atom stereocenters. The van der Waals surface area contributed by atoms with Gasteiger partial charge in [0.2, 0.25) is 0 Å². The van der Waals surface area contributed by atoms with E-state index < -0.39 is 5.41 Å². The molecule has 0 aromatic heterocycles. The molecule has 1 aliphatic rings. The Morgan fingerprint density at radius 3 is 1.85 bits per heavy atom. The van der Waals surface area contributed by atoms with Crippen molar-refractivity contribution in [3.63, 3.8) is 0 Å². The van der Waals surface area contributed by atoms with Crippen LogP contribution in [0.3, 0.4) is 0 Å². The van der Waals surface area contributed by atoms with Gasteiger partial charge in [0.1, 0.15) is 5.75 Å². The first-order valence-corrected chi connectivity index (χ1v) is 11.7. The summed E-state index contributed by atoms with van der Waals surface area (Å²) in [4.78, 5) is 0. The number of benzene rings is 6. The average Bonchev–Trinajstić information content (AvgIpc) is 3.19. The minimum Gasteiger partial charge on any atom is -0.508 e. The number of aromatic hydroxyl groups is 1. The summed E-state index contributed by atoms with van der Waals surface area (Å²) in [6.45, 7) is 0. The van der Waals surface area contributed by atoms with E-state index in [1.165, 1.54) is 49.4 Å². The molecule has 7 rings (SSSR count). The lowest BCUT2D eigenvalue weighted by atomic mass is 9.67. The lowest BCUT2D eigenvalue weighted by Crippen LogP contribution is -2.28. The molecule has 0 radical (unpaired) electrons. The average molecular weight is 435 g/mol. The van der Waals surface area contributed by atoms with Gasteiger partial charge in [0.05, 0.1) is 5.41 Å². The maximum absolute atomic E-state index is 10.1. The van der Waals surface area contributed by atoms with Gasteiger partial charge in [-0.15, -0.1) is 0 Å². The van der Waals surface area contributed by atoms with Gasteiger partial charge in [-0.25, -0.2) is 0 Å². The Labute approximate surface area is 198 Å². The van der Waals surface area contributed by atoms with E-state index in [1.807, 2.05) is 0 Å². The van der Waals surface area contributed by atoms with Gasteiger partial charge in [-0.05, 0) is 79.2 Å². The van der Waals surface area contributed by atoms with Crippen molar-refractivity contribution in [2.24, 2.45) is 0 Å². The topological polar surface area (TPSA) is 20.2 Å². The number of hydrogen-bond donors (Lipinski definition) is 1. The molecule has 160 valence electrons. The van der Waals surface area contributed by atoms with Crippen LogP contribution in [0.25, 0.3) is 32.7 Å². The molecule has 6 aromatic carbocycles. The molecule has 0 fully saturated rings. The van der Waals surface area contributed by atoms with Gasteiger partial charge >= 0.3 is 0 Å². The van der Waals surface area contributed by atoms with Crippen LogP contribution in [0.2, 0.25) is 0 Å². The lowest BCUT2D eigenvalue weighted by molar-refractivity contribution is 0.475. The molecule has 0 bridgehead atoms. The molecule has 1 heteroatoms. The first kappa shape index (κ1) is 19.1. The van der Waals surface area contributed by atoms with Gasteiger partial charge in [0.25, 0.3) is 0 Å². The van der Waals surface area contributed by atoms with Crippen LogP contribution in [0.5, 0.6) is 5.75 Å². The van der Waals surface area contributed by atoms with Crippen LogP contribution in [-0.2, 0) is 5.41 Å². The number of phenolic OH excluding ortho intramolecular Hbond substituents is 1. The second-order valence-corrected chi connectivity index (χ2v) is 9.12. The summed E-state index contributed by atoms with van der Waals surface area (Å²) in [6.07, 6.45) is 0. The SMILES string of the molecule is Oc1ccc(C2(c3ccccc3)c3cc4ccccc4cc3-c3c2ccc2ccccc32)cc1. The van der Waals surface area contributed by atoms with Crippen LogP contribution < -0.4 is 0 Å². The van der Waals surface area contributed by atoms with Crippen molar-refractivity contribution in [3.05, 3.63) is 150 Å². The van der Waals surface area contributed by atoms with Crippen molar-refractivity contribution in [1.29, 1.82) is 0 Å². The predicted octanol–water partition coefficient (Wildman–Crippen LogP) is 8.06. The Balaban J connectivity index is 1.73. The molecular weight excluding hydrogens is 412 g/mol. The molecule has 0 amide bonds. The van der Waals surface area contributed by atoms with E-state index in [-0.39, 0.29) is 5.75 Å². The molecule has 1 nitrogen and oxygen atoms in total. The van der Waals surface area contributed by atoms with Gasteiger partial charge in [0, 0.05) is 0 Å². The van der Waals surface area contributed by atoms with Crippen LogP contribution in [-0.4, -0.2) is 5.11 Å². The quantitative estimate of drug-likeness (QED) is 0.292. The van der Waals surface area contributed by atoms with Crippen molar-refractivity contribution < 1.29 is 5.11 Å². The number of phenols is 1. The van der Waals surface area contributed by atoms with Crippen molar-refractivity contribution >= 4 is 21.5 Å². The standard InChI is InChI=1S/C33H22O/c34-27-17-15-26(16-18-27)33(25-11-2-1-3-12-25)30-19-14-22-8-6-7-13-28(22)32(30)29-20-23-9-4-5-10-24(23)21-31(29)33/h1-21,34H. The Bertz CT molecular complexity index is 1700. The fourth-order valence-electron chi connectivity index (χ4n) is 5.96. The second-order valence-electron chi connectivity index (χ2n) is 9.12. The molecule has 1 N–H and O–H groups in total. The largest absolute Gasteiger partial charge is 0.508 e. The first-order chi connectivity index (χ1) is 16.8. The van der Waals surface area contributed by atoms with Crippen molar-refractivity contribution in [3.8, 4) is 16.9 Å². The zero-order valence-electron chi connectivity index (χ0n) is 18.6. The number of hydrogen-bond acceptors (Lipinski definition) is 1. The van der Waals surface area contributed by atoms with Gasteiger partial charge in [-0.2, -0.15) is 0 Å². The Hall–Kier alpha value is -4.36. The second kappa shape index (κ2) is 7.07. The minimum absolute atomic E-state index is 0.280. The van der Waals surface area contributed by atoms with Crippen molar-refractivity contribution in [1.82, 2.24) is 0 Å². The summed E-state index contributed by atoms with van der Waals surface area (Å²) < 4.78 is 0. The molecule has 34 heavy (non-hydrogen) atoms. The smallest absolute Gasteiger partial charge is 0.115 e. The van der Waals surface area contributed by atoms with Crippen LogP contribution >= 0.6 is 0 Å². The lowest BCUT2D eigenvalue weighted by Gasteiger charge is -2.34. The van der Waals surface area contributed by atoms with E-state index in [1.54, 1.807) is 12.1 Å². The monoisotopic (exact) mass is 434 g/mol. The van der Waals surface area contributed by atoms with Gasteiger partial charge in [-0.3, -0.25) is 0 Å².